The number of carbonyl (C=O) groups is 1. The van der Waals surface area contributed by atoms with Gasteiger partial charge in [-0.1, -0.05) is 68.0 Å². The van der Waals surface area contributed by atoms with Crippen molar-refractivity contribution in [3.8, 4) is 0 Å². The Hall–Kier alpha value is -2.87. The summed E-state index contributed by atoms with van der Waals surface area (Å²) in [7, 11) is 0. The van der Waals surface area contributed by atoms with Crippen molar-refractivity contribution >= 4 is 5.97 Å². The van der Waals surface area contributed by atoms with Crippen LogP contribution >= 0.6 is 0 Å². The summed E-state index contributed by atoms with van der Waals surface area (Å²) in [4.78, 5) is 11.7. The molecule has 44 heavy (non-hydrogen) atoms. The van der Waals surface area contributed by atoms with E-state index in [1.807, 2.05) is 12.2 Å². The van der Waals surface area contributed by atoms with Gasteiger partial charge in [-0.15, -0.1) is 0 Å². The minimum absolute atomic E-state index is 0.0539. The quantitative estimate of drug-likeness (QED) is 0.154. The molecule has 1 saturated heterocycles. The highest BCUT2D eigenvalue weighted by Crippen LogP contribution is 2.43. The van der Waals surface area contributed by atoms with Gasteiger partial charge in [0.15, 0.2) is 6.29 Å². The number of rotatable bonds is 8. The van der Waals surface area contributed by atoms with E-state index >= 15 is 0 Å². The third-order valence-corrected chi connectivity index (χ3v) is 11.3. The fraction of sp³-hybridized carbons (Fsp3) is 0.595. The molecule has 4 heterocycles. The Morgan fingerprint density at radius 1 is 1.07 bits per heavy atom. The summed E-state index contributed by atoms with van der Waals surface area (Å²) >= 11 is 0. The van der Waals surface area contributed by atoms with E-state index in [0.717, 1.165) is 32.1 Å². The molecule has 8 atom stereocenters. The summed E-state index contributed by atoms with van der Waals surface area (Å²) in [5.41, 5.74) is 10.2. The third kappa shape index (κ3) is 6.56. The predicted octanol–water partition coefficient (Wildman–Crippen LogP) is 5.78. The molecule has 1 aliphatic carbocycles. The largest absolute Gasteiger partial charge is 0.481 e. The zero-order valence-electron chi connectivity index (χ0n) is 27.0. The lowest BCUT2D eigenvalue weighted by atomic mass is 9.82. The van der Waals surface area contributed by atoms with Crippen LogP contribution in [0.25, 0.3) is 0 Å². The molecule has 7 nitrogen and oxygen atoms in total. The molecule has 0 amide bonds. The SMILES string of the molecule is C=CC1=C(C)C2C=C3NC(CC4NC(CC5=C(C=C)C(C)C(C=C1CCC2)N5)C(C)=C4CCC(=O)O)C(CCC(O)O)C3C. The van der Waals surface area contributed by atoms with Crippen LogP contribution in [0.4, 0.5) is 0 Å². The molecule has 0 aromatic carbocycles. The molecule has 5 rings (SSSR count). The zero-order chi connectivity index (χ0) is 31.7. The van der Waals surface area contributed by atoms with E-state index < -0.39 is 12.3 Å². The van der Waals surface area contributed by atoms with Gasteiger partial charge in [-0.3, -0.25) is 4.79 Å². The van der Waals surface area contributed by atoms with Crippen molar-refractivity contribution in [2.75, 3.05) is 0 Å². The van der Waals surface area contributed by atoms with Gasteiger partial charge in [-0.25, -0.2) is 0 Å². The number of fused-ring (bicyclic) bond motifs is 8. The number of aliphatic hydroxyl groups is 2. The van der Waals surface area contributed by atoms with Gasteiger partial charge in [-0.2, -0.15) is 0 Å². The van der Waals surface area contributed by atoms with E-state index in [4.69, 9.17) is 0 Å². The second-order valence-corrected chi connectivity index (χ2v) is 13.8. The van der Waals surface area contributed by atoms with Gasteiger partial charge in [-0.05, 0) is 81.4 Å². The molecule has 1 fully saturated rings. The molecular formula is C37H53N3O4. The van der Waals surface area contributed by atoms with Gasteiger partial charge in [0.05, 0.1) is 6.04 Å². The average molecular weight is 604 g/mol. The van der Waals surface area contributed by atoms with Crippen LogP contribution in [0.2, 0.25) is 0 Å². The van der Waals surface area contributed by atoms with Crippen molar-refractivity contribution in [3.05, 3.63) is 82.3 Å². The number of hydrogen-bond acceptors (Lipinski definition) is 6. The second kappa shape index (κ2) is 13.6. The lowest BCUT2D eigenvalue weighted by molar-refractivity contribution is -0.136. The fourth-order valence-electron chi connectivity index (χ4n) is 8.69. The zero-order valence-corrected chi connectivity index (χ0v) is 27.0. The fourth-order valence-corrected chi connectivity index (χ4v) is 8.69. The first-order valence-corrected chi connectivity index (χ1v) is 16.7. The first kappa shape index (κ1) is 32.5. The summed E-state index contributed by atoms with van der Waals surface area (Å²) in [6.07, 6.45) is 14.1. The predicted molar refractivity (Wildman–Crippen MR) is 176 cm³/mol. The van der Waals surface area contributed by atoms with Crippen molar-refractivity contribution in [3.63, 3.8) is 0 Å². The molecule has 240 valence electrons. The number of aliphatic hydroxyl groups excluding tert-OH is 1. The number of allylic oxidation sites excluding steroid dienone is 7. The summed E-state index contributed by atoms with van der Waals surface area (Å²) < 4.78 is 0. The van der Waals surface area contributed by atoms with Crippen LogP contribution in [-0.2, 0) is 4.79 Å². The van der Waals surface area contributed by atoms with Gasteiger partial charge in [0.1, 0.15) is 0 Å². The molecular weight excluding hydrogens is 550 g/mol. The monoisotopic (exact) mass is 603 g/mol. The lowest BCUT2D eigenvalue weighted by Crippen LogP contribution is -2.40. The van der Waals surface area contributed by atoms with E-state index in [1.54, 1.807) is 0 Å². The van der Waals surface area contributed by atoms with Crippen LogP contribution in [0.1, 0.15) is 85.5 Å². The Morgan fingerprint density at radius 2 is 1.84 bits per heavy atom. The van der Waals surface area contributed by atoms with E-state index in [-0.39, 0.29) is 48.3 Å². The molecule has 0 aromatic heterocycles. The topological polar surface area (TPSA) is 114 Å². The van der Waals surface area contributed by atoms with Crippen molar-refractivity contribution in [2.24, 2.45) is 23.7 Å². The molecule has 7 heteroatoms. The highest BCUT2D eigenvalue weighted by atomic mass is 16.5. The van der Waals surface area contributed by atoms with Gasteiger partial charge in [0.2, 0.25) is 0 Å². The Bertz CT molecular complexity index is 1320. The average Bonchev–Trinajstić information content (AvgIpc) is 3.50. The van der Waals surface area contributed by atoms with E-state index in [2.05, 4.69) is 69.0 Å². The van der Waals surface area contributed by atoms with Gasteiger partial charge >= 0.3 is 5.97 Å². The van der Waals surface area contributed by atoms with Crippen molar-refractivity contribution in [1.82, 2.24) is 16.0 Å². The maximum Gasteiger partial charge on any atom is 0.303 e. The minimum Gasteiger partial charge on any atom is -0.481 e. The molecule has 0 aromatic rings. The second-order valence-electron chi connectivity index (χ2n) is 13.8. The van der Waals surface area contributed by atoms with Crippen molar-refractivity contribution < 1.29 is 20.1 Å². The molecule has 4 aliphatic heterocycles. The molecule has 0 spiro atoms. The minimum atomic E-state index is -1.33. The maximum absolute atomic E-state index is 11.7. The van der Waals surface area contributed by atoms with Crippen LogP contribution in [-0.4, -0.2) is 51.7 Å². The van der Waals surface area contributed by atoms with Crippen LogP contribution in [0, 0.1) is 23.7 Å². The molecule has 5 aliphatic rings. The van der Waals surface area contributed by atoms with Gasteiger partial charge in [0, 0.05) is 60.1 Å². The number of carboxylic acid groups (broad SMARTS) is 1. The van der Waals surface area contributed by atoms with Crippen molar-refractivity contribution in [2.45, 2.75) is 116 Å². The summed E-state index contributed by atoms with van der Waals surface area (Å²) in [6.45, 7) is 17.4. The van der Waals surface area contributed by atoms with Crippen LogP contribution in [0.3, 0.4) is 0 Å². The Balaban J connectivity index is 1.60. The number of nitrogens with one attached hydrogen (secondary N) is 3. The smallest absolute Gasteiger partial charge is 0.303 e. The molecule has 8 unspecified atom stereocenters. The van der Waals surface area contributed by atoms with Gasteiger partial charge in [0.25, 0.3) is 0 Å². The van der Waals surface area contributed by atoms with Crippen LogP contribution in [0.15, 0.2) is 82.3 Å². The summed E-state index contributed by atoms with van der Waals surface area (Å²) in [6, 6.07) is 0.468. The Kier molecular flexibility index (Phi) is 10.1. The number of aliphatic carboxylic acids is 1. The van der Waals surface area contributed by atoms with Crippen molar-refractivity contribution in [1.29, 1.82) is 0 Å². The highest BCUT2D eigenvalue weighted by molar-refractivity contribution is 5.67. The molecule has 0 radical (unpaired) electrons. The summed E-state index contributed by atoms with van der Waals surface area (Å²) in [5, 5.41) is 40.9. The molecule has 0 saturated carbocycles. The first-order chi connectivity index (χ1) is 21.0. The van der Waals surface area contributed by atoms with Gasteiger partial charge < -0.3 is 31.3 Å². The van der Waals surface area contributed by atoms with E-state index in [1.165, 1.54) is 44.8 Å². The lowest BCUT2D eigenvalue weighted by Gasteiger charge is -2.27. The Morgan fingerprint density at radius 3 is 2.52 bits per heavy atom. The number of carboxylic acids is 1. The third-order valence-electron chi connectivity index (χ3n) is 11.3. The van der Waals surface area contributed by atoms with Crippen LogP contribution in [0.5, 0.6) is 0 Å². The standard InChI is InChI=1S/C37H53N3O4/c1-7-26-20(3)24-10-9-11-25(26)17-31-21(4)27(8-2)33(38-31)18-32-23(6)29(13-15-37(43)44)35(40-32)19-34-28(12-14-36(41)42)22(5)30(16-24)39-34/h7-8,16-17,21-22,24,28,31-32,34-36,38-42H,1-2,9-15,18-19H2,3-6H3,(H,43,44). The first-order valence-electron chi connectivity index (χ1n) is 16.7. The summed E-state index contributed by atoms with van der Waals surface area (Å²) in [5.74, 6) is 0.300. The number of hydrogen-bond donors (Lipinski definition) is 6. The molecule has 8 bridgehead atoms. The molecule has 6 N–H and O–H groups in total. The normalized spacial score (nSPS) is 34.0. The maximum atomic E-state index is 11.7. The van der Waals surface area contributed by atoms with E-state index in [9.17, 15) is 20.1 Å². The van der Waals surface area contributed by atoms with Crippen LogP contribution < -0.4 is 16.0 Å². The Labute approximate surface area is 263 Å². The highest BCUT2D eigenvalue weighted by Gasteiger charge is 2.42. The van der Waals surface area contributed by atoms with E-state index in [0.29, 0.717) is 25.2 Å².